The molecule has 3 rings (SSSR count). The van der Waals surface area contributed by atoms with E-state index in [1.54, 1.807) is 0 Å². The van der Waals surface area contributed by atoms with Crippen molar-refractivity contribution < 1.29 is 0 Å². The second-order valence-corrected chi connectivity index (χ2v) is 4.71. The van der Waals surface area contributed by atoms with Crippen molar-refractivity contribution >= 4 is 11.7 Å². The Kier molecular flexibility index (Phi) is 2.57. The molecule has 2 aromatic rings. The monoisotopic (exact) mass is 247 g/mol. The molecule has 0 aliphatic carbocycles. The summed E-state index contributed by atoms with van der Waals surface area (Å²) >= 11 is 0. The normalized spacial score (nSPS) is 15.8. The molecule has 3 heterocycles. The van der Waals surface area contributed by atoms with E-state index in [1.807, 2.05) is 13.8 Å². The molecule has 6 nitrogen and oxygen atoms in total. The van der Waals surface area contributed by atoms with E-state index in [0.29, 0.717) is 12.2 Å². The Bertz CT molecular complexity index is 636. The number of H-pyrrole nitrogens is 1. The Labute approximate surface area is 105 Å². The highest BCUT2D eigenvalue weighted by Crippen LogP contribution is 2.16. The number of hydrogen-bond donors (Lipinski definition) is 1. The minimum Gasteiger partial charge on any atom is -0.341 e. The van der Waals surface area contributed by atoms with Gasteiger partial charge in [0, 0.05) is 18.7 Å². The summed E-state index contributed by atoms with van der Waals surface area (Å²) in [5, 5.41) is 3.06. The SMILES string of the molecule is CCc1c(C)nc2nc(N3CCCC3)[nH]n2c1=O. The molecule has 0 bridgehead atoms. The number of aryl methyl sites for hydroxylation is 1. The van der Waals surface area contributed by atoms with Crippen molar-refractivity contribution in [2.75, 3.05) is 18.0 Å². The van der Waals surface area contributed by atoms with Gasteiger partial charge >= 0.3 is 0 Å². The number of anilines is 1. The number of rotatable bonds is 2. The highest BCUT2D eigenvalue weighted by Gasteiger charge is 2.18. The van der Waals surface area contributed by atoms with Gasteiger partial charge in [0.1, 0.15) is 0 Å². The molecule has 0 radical (unpaired) electrons. The van der Waals surface area contributed by atoms with Crippen molar-refractivity contribution in [2.45, 2.75) is 33.1 Å². The second-order valence-electron chi connectivity index (χ2n) is 4.71. The van der Waals surface area contributed by atoms with Gasteiger partial charge in [-0.2, -0.15) is 9.50 Å². The van der Waals surface area contributed by atoms with Crippen molar-refractivity contribution in [3.05, 3.63) is 21.6 Å². The van der Waals surface area contributed by atoms with E-state index < -0.39 is 0 Å². The summed E-state index contributed by atoms with van der Waals surface area (Å²) in [6.45, 7) is 5.82. The smallest absolute Gasteiger partial charge is 0.277 e. The molecule has 2 aromatic heterocycles. The Balaban J connectivity index is 2.17. The molecule has 0 saturated carbocycles. The summed E-state index contributed by atoms with van der Waals surface area (Å²) in [5.74, 6) is 1.22. The van der Waals surface area contributed by atoms with Crippen LogP contribution >= 0.6 is 0 Å². The Morgan fingerprint density at radius 1 is 1.28 bits per heavy atom. The van der Waals surface area contributed by atoms with Gasteiger partial charge in [0.25, 0.3) is 11.3 Å². The lowest BCUT2D eigenvalue weighted by molar-refractivity contribution is 0.830. The number of nitrogens with one attached hydrogen (secondary N) is 1. The van der Waals surface area contributed by atoms with Crippen LogP contribution in [0.25, 0.3) is 5.78 Å². The Morgan fingerprint density at radius 2 is 2.00 bits per heavy atom. The van der Waals surface area contributed by atoms with Gasteiger partial charge in [-0.25, -0.2) is 4.98 Å². The Morgan fingerprint density at radius 3 is 2.67 bits per heavy atom. The van der Waals surface area contributed by atoms with Gasteiger partial charge in [-0.1, -0.05) is 6.92 Å². The van der Waals surface area contributed by atoms with Crippen molar-refractivity contribution in [3.8, 4) is 0 Å². The van der Waals surface area contributed by atoms with Crippen LogP contribution in [0, 0.1) is 6.92 Å². The molecule has 96 valence electrons. The fourth-order valence-corrected chi connectivity index (χ4v) is 2.52. The number of fused-ring (bicyclic) bond motifs is 1. The summed E-state index contributed by atoms with van der Waals surface area (Å²) in [5.41, 5.74) is 1.50. The number of hydrogen-bond acceptors (Lipinski definition) is 4. The van der Waals surface area contributed by atoms with E-state index in [-0.39, 0.29) is 5.56 Å². The summed E-state index contributed by atoms with van der Waals surface area (Å²) in [6, 6.07) is 0. The van der Waals surface area contributed by atoms with Gasteiger partial charge in [0.05, 0.1) is 5.69 Å². The number of aromatic amines is 1. The first-order valence-corrected chi connectivity index (χ1v) is 6.44. The molecule has 6 heteroatoms. The van der Waals surface area contributed by atoms with E-state index in [4.69, 9.17) is 0 Å². The van der Waals surface area contributed by atoms with E-state index in [0.717, 1.165) is 30.3 Å². The maximum Gasteiger partial charge on any atom is 0.277 e. The van der Waals surface area contributed by atoms with Crippen LogP contribution < -0.4 is 10.5 Å². The topological polar surface area (TPSA) is 66.3 Å². The molecule has 0 amide bonds. The summed E-state index contributed by atoms with van der Waals surface area (Å²) in [7, 11) is 0. The fourth-order valence-electron chi connectivity index (χ4n) is 2.52. The molecule has 0 spiro atoms. The summed E-state index contributed by atoms with van der Waals surface area (Å²) in [4.78, 5) is 23.2. The van der Waals surface area contributed by atoms with Gasteiger partial charge < -0.3 is 4.90 Å². The Hall–Kier alpha value is -1.85. The van der Waals surface area contributed by atoms with Crippen LogP contribution in [0.2, 0.25) is 0 Å². The first kappa shape index (κ1) is 11.3. The molecule has 0 unspecified atom stereocenters. The summed E-state index contributed by atoms with van der Waals surface area (Å²) in [6.07, 6.45) is 3.05. The lowest BCUT2D eigenvalue weighted by atomic mass is 10.2. The molecule has 1 aliphatic rings. The van der Waals surface area contributed by atoms with Crippen LogP contribution in [-0.2, 0) is 6.42 Å². The van der Waals surface area contributed by atoms with E-state index in [9.17, 15) is 4.79 Å². The van der Waals surface area contributed by atoms with E-state index >= 15 is 0 Å². The molecule has 0 atom stereocenters. The predicted molar refractivity (Wildman–Crippen MR) is 69.2 cm³/mol. The molecular formula is C12H17N5O. The first-order valence-electron chi connectivity index (χ1n) is 6.44. The van der Waals surface area contributed by atoms with Crippen LogP contribution in [0.15, 0.2) is 4.79 Å². The van der Waals surface area contributed by atoms with E-state index in [2.05, 4.69) is 20.0 Å². The van der Waals surface area contributed by atoms with Crippen LogP contribution in [0.1, 0.15) is 31.0 Å². The zero-order valence-electron chi connectivity index (χ0n) is 10.7. The van der Waals surface area contributed by atoms with Crippen LogP contribution in [0.4, 0.5) is 5.95 Å². The third-order valence-electron chi connectivity index (χ3n) is 3.54. The van der Waals surface area contributed by atoms with E-state index in [1.165, 1.54) is 17.4 Å². The van der Waals surface area contributed by atoms with Crippen molar-refractivity contribution in [1.82, 2.24) is 19.6 Å². The largest absolute Gasteiger partial charge is 0.341 e. The zero-order valence-corrected chi connectivity index (χ0v) is 10.7. The maximum atomic E-state index is 12.2. The predicted octanol–water partition coefficient (Wildman–Crippen LogP) is 0.889. The lowest BCUT2D eigenvalue weighted by Crippen LogP contribution is -2.22. The fraction of sp³-hybridized carbons (Fsp3) is 0.583. The van der Waals surface area contributed by atoms with Crippen molar-refractivity contribution in [2.24, 2.45) is 0 Å². The van der Waals surface area contributed by atoms with Crippen molar-refractivity contribution in [1.29, 1.82) is 0 Å². The molecule has 1 saturated heterocycles. The van der Waals surface area contributed by atoms with Gasteiger partial charge in [-0.05, 0) is 26.2 Å². The standard InChI is InChI=1S/C12H17N5O/c1-3-9-8(2)13-11-14-12(15-17(11)10(9)18)16-6-4-5-7-16/h3-7H2,1-2H3,(H,13,14,15). The van der Waals surface area contributed by atoms with Crippen LogP contribution in [0.5, 0.6) is 0 Å². The molecule has 0 aromatic carbocycles. The van der Waals surface area contributed by atoms with Crippen molar-refractivity contribution in [3.63, 3.8) is 0 Å². The third kappa shape index (κ3) is 1.60. The minimum atomic E-state index is -0.0297. The zero-order chi connectivity index (χ0) is 12.7. The van der Waals surface area contributed by atoms with Crippen LogP contribution in [-0.4, -0.2) is 32.7 Å². The average Bonchev–Trinajstić information content (AvgIpc) is 2.96. The highest BCUT2D eigenvalue weighted by atomic mass is 16.1. The molecule has 1 aliphatic heterocycles. The van der Waals surface area contributed by atoms with Gasteiger partial charge in [-0.3, -0.25) is 9.89 Å². The lowest BCUT2D eigenvalue weighted by Gasteiger charge is -2.11. The summed E-state index contributed by atoms with van der Waals surface area (Å²) < 4.78 is 1.46. The quantitative estimate of drug-likeness (QED) is 0.855. The molecule has 18 heavy (non-hydrogen) atoms. The number of aromatic nitrogens is 4. The molecule has 1 N–H and O–H groups in total. The minimum absolute atomic E-state index is 0.0297. The maximum absolute atomic E-state index is 12.2. The number of nitrogens with zero attached hydrogens (tertiary/aromatic N) is 4. The first-order chi connectivity index (χ1) is 8.70. The highest BCUT2D eigenvalue weighted by molar-refractivity contribution is 5.41. The molecular weight excluding hydrogens is 230 g/mol. The second kappa shape index (κ2) is 4.12. The van der Waals surface area contributed by atoms with Gasteiger partial charge in [-0.15, -0.1) is 0 Å². The third-order valence-corrected chi connectivity index (χ3v) is 3.54. The van der Waals surface area contributed by atoms with Gasteiger partial charge in [0.15, 0.2) is 0 Å². The average molecular weight is 247 g/mol. The van der Waals surface area contributed by atoms with Gasteiger partial charge in [0.2, 0.25) is 5.95 Å². The molecule has 1 fully saturated rings. The van der Waals surface area contributed by atoms with Crippen LogP contribution in [0.3, 0.4) is 0 Å².